The Bertz CT molecular complexity index is 1930. The molecule has 5 aromatic carbocycles. The van der Waals surface area contributed by atoms with Crippen molar-refractivity contribution in [3.8, 4) is 28.0 Å². The van der Waals surface area contributed by atoms with Crippen molar-refractivity contribution >= 4 is 31.0 Å². The summed E-state index contributed by atoms with van der Waals surface area (Å²) >= 11 is 0. The highest BCUT2D eigenvalue weighted by Gasteiger charge is 2.32. The molecule has 196 valence electrons. The number of hydrogen-bond acceptors (Lipinski definition) is 5. The monoisotopic (exact) mass is 556 g/mol. The van der Waals surface area contributed by atoms with Crippen LogP contribution < -0.4 is 4.18 Å². The number of rotatable bonds is 6. The van der Waals surface area contributed by atoms with Gasteiger partial charge in [-0.05, 0) is 64.9 Å². The molecule has 39 heavy (non-hydrogen) atoms. The van der Waals surface area contributed by atoms with Crippen molar-refractivity contribution in [2.24, 2.45) is 0 Å². The number of fused-ring (bicyclic) bond motifs is 2. The van der Waals surface area contributed by atoms with Crippen molar-refractivity contribution in [1.29, 1.82) is 0 Å². The van der Waals surface area contributed by atoms with E-state index in [4.69, 9.17) is 4.18 Å². The molecule has 0 fully saturated rings. The van der Waals surface area contributed by atoms with Crippen molar-refractivity contribution in [3.63, 3.8) is 0 Å². The van der Waals surface area contributed by atoms with Crippen LogP contribution in [0, 0.1) is 0 Å². The van der Waals surface area contributed by atoms with Crippen molar-refractivity contribution in [1.82, 2.24) is 0 Å². The molecule has 0 saturated carbocycles. The molecule has 0 amide bonds. The molecule has 0 aromatic heterocycles. The first kappa shape index (κ1) is 25.3. The number of hydrogen-bond donors (Lipinski definition) is 1. The summed E-state index contributed by atoms with van der Waals surface area (Å²) in [4.78, 5) is -0.176. The molecule has 1 aliphatic carbocycles. The van der Waals surface area contributed by atoms with Crippen LogP contribution >= 0.6 is 0 Å². The van der Waals surface area contributed by atoms with Crippen molar-refractivity contribution < 1.29 is 25.6 Å². The predicted molar refractivity (Wildman–Crippen MR) is 151 cm³/mol. The first-order valence-electron chi connectivity index (χ1n) is 12.5. The molecular weight excluding hydrogens is 532 g/mol. The maximum atomic E-state index is 14.3. The highest BCUT2D eigenvalue weighted by atomic mass is 32.2. The molecule has 5 aromatic rings. The van der Waals surface area contributed by atoms with E-state index >= 15 is 0 Å². The Hall–Kier alpha value is -3.98. The van der Waals surface area contributed by atoms with E-state index in [0.29, 0.717) is 41.5 Å². The summed E-state index contributed by atoms with van der Waals surface area (Å²) in [6, 6.07) is 30.6. The minimum atomic E-state index is -4.46. The molecule has 1 N–H and O–H groups in total. The lowest BCUT2D eigenvalue weighted by Crippen LogP contribution is -2.15. The van der Waals surface area contributed by atoms with Gasteiger partial charge < -0.3 is 4.18 Å². The van der Waals surface area contributed by atoms with Gasteiger partial charge in [0.15, 0.2) is 0 Å². The molecule has 0 atom stereocenters. The molecule has 0 saturated heterocycles. The zero-order valence-corrected chi connectivity index (χ0v) is 22.4. The predicted octanol–water partition coefficient (Wildman–Crippen LogP) is 6.68. The molecule has 0 aliphatic heterocycles. The minimum absolute atomic E-state index is 0.0317. The Morgan fingerprint density at radius 3 is 1.97 bits per heavy atom. The van der Waals surface area contributed by atoms with Crippen LogP contribution in [0.1, 0.15) is 17.5 Å². The molecular formula is C31H24O6S2. The molecule has 0 spiro atoms. The molecule has 0 radical (unpaired) electrons. The molecule has 0 heterocycles. The number of benzene rings is 5. The molecule has 0 unspecified atom stereocenters. The van der Waals surface area contributed by atoms with Crippen LogP contribution in [-0.4, -0.2) is 21.4 Å². The molecule has 0 bridgehead atoms. The third kappa shape index (κ3) is 4.61. The van der Waals surface area contributed by atoms with Crippen molar-refractivity contribution in [2.45, 2.75) is 29.1 Å². The van der Waals surface area contributed by atoms with Crippen molar-refractivity contribution in [3.05, 3.63) is 114 Å². The highest BCUT2D eigenvalue weighted by Crippen LogP contribution is 2.44. The average Bonchev–Trinajstić information content (AvgIpc) is 3.43. The van der Waals surface area contributed by atoms with Gasteiger partial charge in [-0.2, -0.15) is 16.8 Å². The fraction of sp³-hybridized carbons (Fsp3) is 0.0968. The first-order chi connectivity index (χ1) is 18.7. The molecule has 6 nitrogen and oxygen atoms in total. The standard InChI is InChI=1S/C31H24O6S2/c32-38(33,34)29-19-18-28(25-16-9-17-26(25)29)37-39(35,36)31-27(21-10-3-1-4-11-21)20-23-14-7-8-15-24(23)30(31)22-12-5-2-6-13-22/h1-8,10-15,18-20H,9,16-17H2,(H,32,33,34). The van der Waals surface area contributed by atoms with E-state index in [1.54, 1.807) is 0 Å². The SMILES string of the molecule is O=S(=O)(O)c1ccc(OS(=O)(=O)c2c(-c3ccccc3)cc3ccccc3c2-c2ccccc2)c2c1CCC2. The maximum absolute atomic E-state index is 14.3. The van der Waals surface area contributed by atoms with E-state index in [1.165, 1.54) is 12.1 Å². The van der Waals surface area contributed by atoms with Crippen molar-refractivity contribution in [2.75, 3.05) is 0 Å². The van der Waals surface area contributed by atoms with E-state index in [9.17, 15) is 21.4 Å². The average molecular weight is 557 g/mol. The van der Waals surface area contributed by atoms with E-state index in [2.05, 4.69) is 0 Å². The van der Waals surface area contributed by atoms with E-state index in [-0.39, 0.29) is 15.5 Å². The van der Waals surface area contributed by atoms with Gasteiger partial charge in [0, 0.05) is 16.7 Å². The maximum Gasteiger partial charge on any atom is 0.340 e. The second-order valence-electron chi connectivity index (χ2n) is 9.47. The summed E-state index contributed by atoms with van der Waals surface area (Å²) in [6.45, 7) is 0. The molecule has 6 rings (SSSR count). The normalized spacial score (nSPS) is 13.4. The fourth-order valence-corrected chi connectivity index (χ4v) is 7.61. The summed E-state index contributed by atoms with van der Waals surface area (Å²) < 4.78 is 68.1. The van der Waals surface area contributed by atoms with E-state index < -0.39 is 20.2 Å². The van der Waals surface area contributed by atoms with Gasteiger partial charge in [-0.15, -0.1) is 0 Å². The largest absolute Gasteiger partial charge is 0.379 e. The summed E-state index contributed by atoms with van der Waals surface area (Å²) in [6.07, 6.45) is 1.47. The van der Waals surface area contributed by atoms with Crippen LogP contribution in [0.5, 0.6) is 5.75 Å². The van der Waals surface area contributed by atoms with Crippen LogP contribution in [0.3, 0.4) is 0 Å². The lowest BCUT2D eigenvalue weighted by atomic mass is 9.93. The van der Waals surface area contributed by atoms with E-state index in [1.807, 2.05) is 91.0 Å². The van der Waals surface area contributed by atoms with Gasteiger partial charge in [0.1, 0.15) is 10.6 Å². The first-order valence-corrected chi connectivity index (χ1v) is 15.3. The van der Waals surface area contributed by atoms with Gasteiger partial charge in [0.2, 0.25) is 0 Å². The van der Waals surface area contributed by atoms with E-state index in [0.717, 1.165) is 21.9 Å². The zero-order valence-electron chi connectivity index (χ0n) is 20.7. The third-order valence-electron chi connectivity index (χ3n) is 7.08. The fourth-order valence-electron chi connectivity index (χ4n) is 5.43. The Morgan fingerprint density at radius 1 is 0.667 bits per heavy atom. The van der Waals surface area contributed by atoms with Gasteiger partial charge in [0.05, 0.1) is 4.90 Å². The Morgan fingerprint density at radius 2 is 1.28 bits per heavy atom. The molecule has 1 aliphatic rings. The van der Waals surface area contributed by atoms with Crippen LogP contribution in [-0.2, 0) is 33.1 Å². The Kier molecular flexibility index (Phi) is 6.26. The Balaban J connectivity index is 1.64. The summed E-state index contributed by atoms with van der Waals surface area (Å²) in [5.41, 5.74) is 3.35. The second-order valence-corrected chi connectivity index (χ2v) is 12.3. The topological polar surface area (TPSA) is 97.7 Å². The second kappa shape index (κ2) is 9.64. The molecule has 8 heteroatoms. The zero-order chi connectivity index (χ0) is 27.2. The van der Waals surface area contributed by atoms with Crippen LogP contribution in [0.15, 0.2) is 113 Å². The quantitative estimate of drug-likeness (QED) is 0.185. The third-order valence-corrected chi connectivity index (χ3v) is 9.34. The smallest absolute Gasteiger partial charge is 0.340 e. The summed E-state index contributed by atoms with van der Waals surface area (Å²) in [7, 11) is -8.90. The van der Waals surface area contributed by atoms with Gasteiger partial charge >= 0.3 is 10.1 Å². The van der Waals surface area contributed by atoms with Crippen LogP contribution in [0.25, 0.3) is 33.0 Å². The minimum Gasteiger partial charge on any atom is -0.379 e. The highest BCUT2D eigenvalue weighted by molar-refractivity contribution is 7.87. The lowest BCUT2D eigenvalue weighted by molar-refractivity contribution is 0.480. The lowest BCUT2D eigenvalue weighted by Gasteiger charge is -2.20. The van der Waals surface area contributed by atoms with Gasteiger partial charge in [-0.25, -0.2) is 0 Å². The van der Waals surface area contributed by atoms with Crippen LogP contribution in [0.2, 0.25) is 0 Å². The van der Waals surface area contributed by atoms with Crippen LogP contribution in [0.4, 0.5) is 0 Å². The summed E-state index contributed by atoms with van der Waals surface area (Å²) in [5, 5.41) is 1.64. The summed E-state index contributed by atoms with van der Waals surface area (Å²) in [5.74, 6) is 0.0704. The van der Waals surface area contributed by atoms with Gasteiger partial charge in [0.25, 0.3) is 10.1 Å². The Labute approximate surface area is 227 Å². The van der Waals surface area contributed by atoms with Gasteiger partial charge in [-0.1, -0.05) is 84.9 Å². The van der Waals surface area contributed by atoms with Gasteiger partial charge in [-0.3, -0.25) is 4.55 Å².